The molecule has 0 unspecified atom stereocenters. The summed E-state index contributed by atoms with van der Waals surface area (Å²) in [7, 11) is 0. The predicted molar refractivity (Wildman–Crippen MR) is 72.7 cm³/mol. The summed E-state index contributed by atoms with van der Waals surface area (Å²) >= 11 is 0. The Bertz CT molecular complexity index is 658. The molecular weight excluding hydrogens is 285 g/mol. The fraction of sp³-hybridized carbons (Fsp3) is 0.0769. The van der Waals surface area contributed by atoms with Crippen molar-refractivity contribution >= 4 is 23.2 Å². The standard InChI is InChI=1S/C13H11F3N4O/c14-13(15,16)8-3-1-4-9(7-8)19-12(21)20-11-10(17)5-2-6-18-11/h1-7H,17H2,(H2,18,19,20,21). The number of benzene rings is 1. The SMILES string of the molecule is Nc1cccnc1NC(=O)Nc1cccc(C(F)(F)F)c1. The molecule has 0 saturated carbocycles. The number of pyridine rings is 1. The first-order chi connectivity index (χ1) is 9.86. The number of carbonyl (C=O) groups excluding carboxylic acids is 1. The van der Waals surface area contributed by atoms with E-state index in [1.807, 2.05) is 0 Å². The van der Waals surface area contributed by atoms with E-state index in [0.29, 0.717) is 0 Å². The lowest BCUT2D eigenvalue weighted by molar-refractivity contribution is -0.137. The fourth-order valence-electron chi connectivity index (χ4n) is 1.57. The van der Waals surface area contributed by atoms with Gasteiger partial charge in [0.25, 0.3) is 0 Å². The van der Waals surface area contributed by atoms with Gasteiger partial charge >= 0.3 is 12.2 Å². The first-order valence-corrected chi connectivity index (χ1v) is 5.82. The lowest BCUT2D eigenvalue weighted by Crippen LogP contribution is -2.21. The average molecular weight is 296 g/mol. The normalized spacial score (nSPS) is 11.0. The monoisotopic (exact) mass is 296 g/mol. The Morgan fingerprint density at radius 1 is 1.14 bits per heavy atom. The number of hydrogen-bond donors (Lipinski definition) is 3. The van der Waals surface area contributed by atoms with Crippen molar-refractivity contribution in [1.82, 2.24) is 4.98 Å². The largest absolute Gasteiger partial charge is 0.416 e. The van der Waals surface area contributed by atoms with Gasteiger partial charge < -0.3 is 11.1 Å². The molecule has 0 saturated heterocycles. The maximum atomic E-state index is 12.6. The molecule has 0 aliphatic rings. The predicted octanol–water partition coefficient (Wildman–Crippen LogP) is 3.33. The summed E-state index contributed by atoms with van der Waals surface area (Å²) in [6.07, 6.45) is -3.05. The minimum atomic E-state index is -4.47. The highest BCUT2D eigenvalue weighted by Crippen LogP contribution is 2.30. The van der Waals surface area contributed by atoms with E-state index in [0.717, 1.165) is 12.1 Å². The van der Waals surface area contributed by atoms with Crippen LogP contribution in [-0.2, 0) is 6.18 Å². The number of aromatic nitrogens is 1. The number of amides is 2. The summed E-state index contributed by atoms with van der Waals surface area (Å²) in [6.45, 7) is 0. The van der Waals surface area contributed by atoms with Crippen LogP contribution in [0.5, 0.6) is 0 Å². The molecule has 4 N–H and O–H groups in total. The van der Waals surface area contributed by atoms with Crippen molar-refractivity contribution in [2.45, 2.75) is 6.18 Å². The zero-order valence-electron chi connectivity index (χ0n) is 10.6. The van der Waals surface area contributed by atoms with Crippen LogP contribution in [-0.4, -0.2) is 11.0 Å². The molecule has 1 heterocycles. The quantitative estimate of drug-likeness (QED) is 0.795. The van der Waals surface area contributed by atoms with Gasteiger partial charge in [-0.15, -0.1) is 0 Å². The number of nitrogens with zero attached hydrogens (tertiary/aromatic N) is 1. The number of rotatable bonds is 2. The Balaban J connectivity index is 2.08. The molecule has 2 aromatic rings. The van der Waals surface area contributed by atoms with E-state index >= 15 is 0 Å². The number of hydrogen-bond acceptors (Lipinski definition) is 3. The fourth-order valence-corrected chi connectivity index (χ4v) is 1.57. The van der Waals surface area contributed by atoms with Crippen LogP contribution in [0.3, 0.4) is 0 Å². The van der Waals surface area contributed by atoms with Crippen LogP contribution in [0.15, 0.2) is 42.6 Å². The van der Waals surface area contributed by atoms with Crippen molar-refractivity contribution in [2.24, 2.45) is 0 Å². The van der Waals surface area contributed by atoms with Crippen LogP contribution in [0.2, 0.25) is 0 Å². The maximum absolute atomic E-state index is 12.6. The van der Waals surface area contributed by atoms with E-state index in [-0.39, 0.29) is 17.2 Å². The summed E-state index contributed by atoms with van der Waals surface area (Å²) in [5.74, 6) is 0.127. The molecule has 0 atom stereocenters. The third kappa shape index (κ3) is 3.85. The summed E-state index contributed by atoms with van der Waals surface area (Å²) in [5.41, 5.74) is 5.00. The summed E-state index contributed by atoms with van der Waals surface area (Å²) in [5, 5.41) is 4.63. The van der Waals surface area contributed by atoms with Crippen LogP contribution in [0.1, 0.15) is 5.56 Å². The van der Waals surface area contributed by atoms with Crippen molar-refractivity contribution < 1.29 is 18.0 Å². The minimum Gasteiger partial charge on any atom is -0.396 e. The van der Waals surface area contributed by atoms with Crippen molar-refractivity contribution in [3.8, 4) is 0 Å². The van der Waals surface area contributed by atoms with Gasteiger partial charge in [0.1, 0.15) is 0 Å². The Morgan fingerprint density at radius 3 is 2.57 bits per heavy atom. The highest BCUT2D eigenvalue weighted by atomic mass is 19.4. The van der Waals surface area contributed by atoms with Crippen molar-refractivity contribution in [3.05, 3.63) is 48.2 Å². The molecule has 2 amide bonds. The highest BCUT2D eigenvalue weighted by molar-refractivity contribution is 6.00. The van der Waals surface area contributed by atoms with Gasteiger partial charge in [-0.2, -0.15) is 13.2 Å². The Kier molecular flexibility index (Phi) is 3.97. The van der Waals surface area contributed by atoms with Gasteiger partial charge in [-0.05, 0) is 30.3 Å². The molecule has 5 nitrogen and oxygen atoms in total. The Hall–Kier alpha value is -2.77. The molecule has 0 aliphatic carbocycles. The van der Waals surface area contributed by atoms with Crippen LogP contribution >= 0.6 is 0 Å². The van der Waals surface area contributed by atoms with Gasteiger partial charge in [0.2, 0.25) is 0 Å². The second-order valence-corrected chi connectivity index (χ2v) is 4.10. The summed E-state index contributed by atoms with van der Waals surface area (Å²) < 4.78 is 37.7. The molecule has 0 fully saturated rings. The molecule has 110 valence electrons. The average Bonchev–Trinajstić information content (AvgIpc) is 2.41. The molecule has 8 heteroatoms. The lowest BCUT2D eigenvalue weighted by atomic mass is 10.2. The first-order valence-electron chi connectivity index (χ1n) is 5.82. The molecule has 0 spiro atoms. The van der Waals surface area contributed by atoms with Crippen molar-refractivity contribution in [1.29, 1.82) is 0 Å². The lowest BCUT2D eigenvalue weighted by Gasteiger charge is -2.11. The van der Waals surface area contributed by atoms with Gasteiger partial charge in [0.05, 0.1) is 11.3 Å². The Labute approximate surface area is 118 Å². The number of anilines is 3. The zero-order chi connectivity index (χ0) is 15.5. The van der Waals surface area contributed by atoms with Crippen molar-refractivity contribution in [3.63, 3.8) is 0 Å². The van der Waals surface area contributed by atoms with Gasteiger partial charge in [-0.1, -0.05) is 6.07 Å². The third-order valence-corrected chi connectivity index (χ3v) is 2.52. The van der Waals surface area contributed by atoms with Gasteiger partial charge in [-0.3, -0.25) is 5.32 Å². The molecule has 21 heavy (non-hydrogen) atoms. The van der Waals surface area contributed by atoms with Crippen LogP contribution in [0.25, 0.3) is 0 Å². The number of nitrogens with one attached hydrogen (secondary N) is 2. The van der Waals surface area contributed by atoms with Gasteiger partial charge in [0, 0.05) is 11.9 Å². The molecule has 1 aromatic heterocycles. The van der Waals surface area contributed by atoms with Gasteiger partial charge in [-0.25, -0.2) is 9.78 Å². The van der Waals surface area contributed by atoms with Crippen LogP contribution < -0.4 is 16.4 Å². The highest BCUT2D eigenvalue weighted by Gasteiger charge is 2.30. The second-order valence-electron chi connectivity index (χ2n) is 4.10. The number of urea groups is 1. The van der Waals surface area contributed by atoms with E-state index in [2.05, 4.69) is 15.6 Å². The molecule has 0 bridgehead atoms. The van der Waals surface area contributed by atoms with Crippen LogP contribution in [0.4, 0.5) is 35.2 Å². The second kappa shape index (κ2) is 5.70. The maximum Gasteiger partial charge on any atom is 0.416 e. The molecule has 1 aromatic carbocycles. The zero-order valence-corrected chi connectivity index (χ0v) is 10.6. The number of nitrogens with two attached hydrogens (primary N) is 1. The molecular formula is C13H11F3N4O. The smallest absolute Gasteiger partial charge is 0.396 e. The minimum absolute atomic E-state index is 0.0110. The number of carbonyl (C=O) groups is 1. The van der Waals surface area contributed by atoms with E-state index in [1.165, 1.54) is 24.4 Å². The molecule has 0 radical (unpaired) electrons. The number of nitrogen functional groups attached to an aromatic ring is 1. The topological polar surface area (TPSA) is 80.0 Å². The van der Waals surface area contributed by atoms with Crippen LogP contribution in [0, 0.1) is 0 Å². The molecule has 2 rings (SSSR count). The third-order valence-electron chi connectivity index (χ3n) is 2.52. The molecule has 0 aliphatic heterocycles. The summed E-state index contributed by atoms with van der Waals surface area (Å²) in [4.78, 5) is 15.5. The van der Waals surface area contributed by atoms with E-state index in [4.69, 9.17) is 5.73 Å². The first kappa shape index (κ1) is 14.6. The van der Waals surface area contributed by atoms with E-state index in [9.17, 15) is 18.0 Å². The van der Waals surface area contributed by atoms with E-state index < -0.39 is 17.8 Å². The van der Waals surface area contributed by atoms with Crippen molar-refractivity contribution in [2.75, 3.05) is 16.4 Å². The number of halogens is 3. The van der Waals surface area contributed by atoms with E-state index in [1.54, 1.807) is 6.07 Å². The Morgan fingerprint density at radius 2 is 1.90 bits per heavy atom. The number of alkyl halides is 3. The summed E-state index contributed by atoms with van der Waals surface area (Å²) in [6, 6.07) is 6.68. The van der Waals surface area contributed by atoms with Gasteiger partial charge in [0.15, 0.2) is 5.82 Å².